The first-order chi connectivity index (χ1) is 10.1. The second kappa shape index (κ2) is 7.67. The summed E-state index contributed by atoms with van der Waals surface area (Å²) in [6, 6.07) is 2.32. The summed E-state index contributed by atoms with van der Waals surface area (Å²) in [5, 5.41) is 0. The molecule has 0 heterocycles. The van der Waals surface area contributed by atoms with Gasteiger partial charge in [0.1, 0.15) is 0 Å². The molecule has 1 aromatic carbocycles. The molecule has 1 aromatic rings. The minimum absolute atomic E-state index is 0.166. The number of halogens is 3. The fraction of sp³-hybridized carbons (Fsp3) is 0.556. The summed E-state index contributed by atoms with van der Waals surface area (Å²) in [4.78, 5) is 0. The van der Waals surface area contributed by atoms with Gasteiger partial charge in [0.25, 0.3) is 0 Å². The van der Waals surface area contributed by atoms with Gasteiger partial charge in [-0.3, -0.25) is 0 Å². The van der Waals surface area contributed by atoms with Gasteiger partial charge in [-0.05, 0) is 68.1 Å². The molecule has 1 fully saturated rings. The molecule has 116 valence electrons. The lowest BCUT2D eigenvalue weighted by Crippen LogP contribution is -2.14. The van der Waals surface area contributed by atoms with Gasteiger partial charge >= 0.3 is 0 Å². The molecule has 0 atom stereocenters. The summed E-state index contributed by atoms with van der Waals surface area (Å²) in [6.45, 7) is 3.72. The summed E-state index contributed by atoms with van der Waals surface area (Å²) in [7, 11) is 0. The van der Waals surface area contributed by atoms with Crippen molar-refractivity contribution in [2.45, 2.75) is 57.3 Å². The quantitative estimate of drug-likeness (QED) is 0.337. The molecule has 21 heavy (non-hydrogen) atoms. The molecule has 0 aliphatic heterocycles. The fourth-order valence-electron chi connectivity index (χ4n) is 3.32. The van der Waals surface area contributed by atoms with Crippen LogP contribution in [0.5, 0.6) is 0 Å². The highest BCUT2D eigenvalue weighted by Crippen LogP contribution is 2.38. The van der Waals surface area contributed by atoms with Gasteiger partial charge in [-0.1, -0.05) is 18.9 Å². The van der Waals surface area contributed by atoms with E-state index in [0.717, 1.165) is 50.2 Å². The molecular weight excluding hydrogens is 273 g/mol. The first kappa shape index (κ1) is 16.1. The van der Waals surface area contributed by atoms with Crippen molar-refractivity contribution in [1.29, 1.82) is 0 Å². The Kier molecular flexibility index (Phi) is 5.89. The number of rotatable bonds is 6. The van der Waals surface area contributed by atoms with Gasteiger partial charge in [0.15, 0.2) is 17.5 Å². The Morgan fingerprint density at radius 2 is 1.62 bits per heavy atom. The van der Waals surface area contributed by atoms with Gasteiger partial charge in [0.05, 0.1) is 0 Å². The Bertz CT molecular complexity index is 450. The lowest BCUT2D eigenvalue weighted by Gasteiger charge is -2.29. The van der Waals surface area contributed by atoms with Gasteiger partial charge < -0.3 is 0 Å². The van der Waals surface area contributed by atoms with E-state index >= 15 is 0 Å². The zero-order chi connectivity index (χ0) is 15.2. The van der Waals surface area contributed by atoms with E-state index in [1.54, 1.807) is 0 Å². The van der Waals surface area contributed by atoms with Crippen molar-refractivity contribution in [2.24, 2.45) is 5.92 Å². The number of benzene rings is 1. The predicted molar refractivity (Wildman–Crippen MR) is 79.7 cm³/mol. The number of hydrogen-bond donors (Lipinski definition) is 0. The molecule has 0 spiro atoms. The van der Waals surface area contributed by atoms with E-state index in [2.05, 4.69) is 6.58 Å². The van der Waals surface area contributed by atoms with E-state index in [9.17, 15) is 13.2 Å². The lowest BCUT2D eigenvalue weighted by atomic mass is 9.77. The molecule has 0 aromatic heterocycles. The lowest BCUT2D eigenvalue weighted by molar-refractivity contribution is 0.302. The van der Waals surface area contributed by atoms with Crippen LogP contribution in [0.3, 0.4) is 0 Å². The molecule has 0 saturated heterocycles. The van der Waals surface area contributed by atoms with E-state index < -0.39 is 17.5 Å². The van der Waals surface area contributed by atoms with Gasteiger partial charge in [0.2, 0.25) is 0 Å². The van der Waals surface area contributed by atoms with Gasteiger partial charge in [-0.25, -0.2) is 13.2 Å². The van der Waals surface area contributed by atoms with Crippen LogP contribution in [-0.2, 0) is 0 Å². The second-order valence-corrected chi connectivity index (χ2v) is 6.09. The molecule has 1 aliphatic carbocycles. The number of unbranched alkanes of at least 4 members (excludes halogenated alkanes) is 2. The molecule has 0 bridgehead atoms. The largest absolute Gasteiger partial charge is 0.204 e. The Morgan fingerprint density at radius 3 is 2.19 bits per heavy atom. The third-order valence-corrected chi connectivity index (χ3v) is 4.59. The van der Waals surface area contributed by atoms with Crippen LogP contribution in [0.15, 0.2) is 24.8 Å². The summed E-state index contributed by atoms with van der Waals surface area (Å²) in [5.74, 6) is -2.62. The average Bonchev–Trinajstić information content (AvgIpc) is 2.49. The zero-order valence-electron chi connectivity index (χ0n) is 12.4. The normalized spacial score (nSPS) is 22.2. The van der Waals surface area contributed by atoms with Crippen molar-refractivity contribution >= 4 is 0 Å². The van der Waals surface area contributed by atoms with Crippen LogP contribution in [0.4, 0.5) is 13.2 Å². The van der Waals surface area contributed by atoms with Crippen LogP contribution in [-0.4, -0.2) is 0 Å². The Balaban J connectivity index is 1.85. The van der Waals surface area contributed by atoms with Crippen molar-refractivity contribution in [3.63, 3.8) is 0 Å². The van der Waals surface area contributed by atoms with Crippen LogP contribution < -0.4 is 0 Å². The van der Waals surface area contributed by atoms with Gasteiger partial charge in [-0.15, -0.1) is 6.58 Å². The van der Waals surface area contributed by atoms with Crippen molar-refractivity contribution < 1.29 is 13.2 Å². The first-order valence-electron chi connectivity index (χ1n) is 7.87. The molecular formula is C18H23F3. The van der Waals surface area contributed by atoms with Crippen LogP contribution in [0.2, 0.25) is 0 Å². The van der Waals surface area contributed by atoms with Gasteiger partial charge in [0, 0.05) is 0 Å². The summed E-state index contributed by atoms with van der Waals surface area (Å²) in [6.07, 6.45) is 10.7. The van der Waals surface area contributed by atoms with E-state index in [1.165, 1.54) is 19.3 Å². The van der Waals surface area contributed by atoms with Gasteiger partial charge in [-0.2, -0.15) is 0 Å². The molecule has 0 amide bonds. The van der Waals surface area contributed by atoms with Crippen LogP contribution in [0.25, 0.3) is 0 Å². The number of allylic oxidation sites excluding steroid dienone is 1. The minimum atomic E-state index is -1.37. The SMILES string of the molecule is C=CCCCCC1CCC(c2cc(F)c(F)c(F)c2)CC1. The monoisotopic (exact) mass is 296 g/mol. The van der Waals surface area contributed by atoms with E-state index in [-0.39, 0.29) is 5.92 Å². The topological polar surface area (TPSA) is 0 Å². The minimum Gasteiger partial charge on any atom is -0.204 e. The molecule has 3 heteroatoms. The van der Waals surface area contributed by atoms with Crippen molar-refractivity contribution in [2.75, 3.05) is 0 Å². The molecule has 1 aliphatic rings. The molecule has 0 N–H and O–H groups in total. The standard InChI is InChI=1S/C18H23F3/c1-2-3-4-5-6-13-7-9-14(10-8-13)15-11-16(19)18(21)17(20)12-15/h2,11-14H,1,3-10H2. The highest BCUT2D eigenvalue weighted by molar-refractivity contribution is 5.23. The molecule has 2 rings (SSSR count). The molecule has 0 unspecified atom stereocenters. The maximum Gasteiger partial charge on any atom is 0.194 e. The van der Waals surface area contributed by atoms with E-state index in [0.29, 0.717) is 5.56 Å². The Hall–Kier alpha value is -1.25. The highest BCUT2D eigenvalue weighted by atomic mass is 19.2. The van der Waals surface area contributed by atoms with Crippen LogP contribution >= 0.6 is 0 Å². The smallest absolute Gasteiger partial charge is 0.194 e. The van der Waals surface area contributed by atoms with E-state index in [4.69, 9.17) is 0 Å². The number of hydrogen-bond acceptors (Lipinski definition) is 0. The zero-order valence-corrected chi connectivity index (χ0v) is 12.4. The van der Waals surface area contributed by atoms with Crippen LogP contribution in [0, 0.1) is 23.4 Å². The first-order valence-corrected chi connectivity index (χ1v) is 7.87. The molecule has 1 saturated carbocycles. The van der Waals surface area contributed by atoms with Crippen LogP contribution in [0.1, 0.15) is 62.8 Å². The summed E-state index contributed by atoms with van der Waals surface area (Å²) >= 11 is 0. The predicted octanol–water partition coefficient (Wildman–Crippen LogP) is 6.12. The maximum atomic E-state index is 13.3. The van der Waals surface area contributed by atoms with E-state index in [1.807, 2.05) is 6.08 Å². The average molecular weight is 296 g/mol. The van der Waals surface area contributed by atoms with Crippen molar-refractivity contribution in [3.05, 3.63) is 47.8 Å². The fourth-order valence-corrected chi connectivity index (χ4v) is 3.32. The van der Waals surface area contributed by atoms with Crippen molar-refractivity contribution in [1.82, 2.24) is 0 Å². The third kappa shape index (κ3) is 4.36. The highest BCUT2D eigenvalue weighted by Gasteiger charge is 2.24. The molecule has 0 nitrogen and oxygen atoms in total. The summed E-state index contributed by atoms with van der Waals surface area (Å²) in [5.41, 5.74) is 0.608. The maximum absolute atomic E-state index is 13.3. The molecule has 0 radical (unpaired) electrons. The third-order valence-electron chi connectivity index (χ3n) is 4.59. The second-order valence-electron chi connectivity index (χ2n) is 6.09. The summed E-state index contributed by atoms with van der Waals surface area (Å²) < 4.78 is 39.6. The van der Waals surface area contributed by atoms with Crippen molar-refractivity contribution in [3.8, 4) is 0 Å². The Morgan fingerprint density at radius 1 is 1.00 bits per heavy atom. The Labute approximate surface area is 125 Å².